The molecule has 1 atom stereocenters. The Morgan fingerprint density at radius 1 is 1.15 bits per heavy atom. The van der Waals surface area contributed by atoms with Crippen LogP contribution in [0.1, 0.15) is 32.5 Å². The molecule has 3 N–H and O–H groups in total. The van der Waals surface area contributed by atoms with Crippen molar-refractivity contribution in [2.45, 2.75) is 6.04 Å². The lowest BCUT2D eigenvalue weighted by Crippen LogP contribution is -2.32. The highest BCUT2D eigenvalue weighted by Gasteiger charge is 2.20. The monoisotopic (exact) mass is 369 g/mol. The van der Waals surface area contributed by atoms with Gasteiger partial charge >= 0.3 is 5.97 Å². The number of halogens is 1. The lowest BCUT2D eigenvalue weighted by atomic mass is 10.1. The van der Waals surface area contributed by atoms with Gasteiger partial charge in [0.1, 0.15) is 18.7 Å². The standard InChI is InChI=1S/C19H16FN3O4/c20-14-8-6-13(7-9-14)18(25)26-10-15(12-4-2-1-3-5-12)22-17(24)16-11-27-19(21)23-16/h1-9,11,15H,10H2,(H2,21,23)(H,22,24)/t15-/m0/s1. The third kappa shape index (κ3) is 4.69. The fourth-order valence-electron chi connectivity index (χ4n) is 2.36. The Balaban J connectivity index is 1.71. The third-order valence-electron chi connectivity index (χ3n) is 3.72. The van der Waals surface area contributed by atoms with Gasteiger partial charge in [-0.3, -0.25) is 4.79 Å². The van der Waals surface area contributed by atoms with Crippen molar-refractivity contribution in [3.63, 3.8) is 0 Å². The van der Waals surface area contributed by atoms with Crippen molar-refractivity contribution in [3.05, 3.63) is 83.5 Å². The van der Waals surface area contributed by atoms with Crippen LogP contribution in [0.2, 0.25) is 0 Å². The van der Waals surface area contributed by atoms with Gasteiger partial charge in [-0.2, -0.15) is 4.98 Å². The van der Waals surface area contributed by atoms with Crippen LogP contribution in [0.3, 0.4) is 0 Å². The van der Waals surface area contributed by atoms with E-state index in [-0.39, 0.29) is 23.9 Å². The van der Waals surface area contributed by atoms with Crippen molar-refractivity contribution in [1.82, 2.24) is 10.3 Å². The van der Waals surface area contributed by atoms with E-state index >= 15 is 0 Å². The molecule has 0 aliphatic heterocycles. The first-order valence-corrected chi connectivity index (χ1v) is 8.02. The molecule has 0 bridgehead atoms. The number of aromatic nitrogens is 1. The number of nitrogens with zero attached hydrogens (tertiary/aromatic N) is 1. The van der Waals surface area contributed by atoms with E-state index in [9.17, 15) is 14.0 Å². The van der Waals surface area contributed by atoms with Crippen molar-refractivity contribution in [2.75, 3.05) is 12.3 Å². The topological polar surface area (TPSA) is 107 Å². The molecule has 0 aliphatic rings. The van der Waals surface area contributed by atoms with Gasteiger partial charge in [0.25, 0.3) is 11.9 Å². The molecule has 3 rings (SSSR count). The molecule has 138 valence electrons. The van der Waals surface area contributed by atoms with Crippen molar-refractivity contribution in [3.8, 4) is 0 Å². The molecule has 1 aromatic heterocycles. The maximum absolute atomic E-state index is 13.0. The number of carbonyl (C=O) groups excluding carboxylic acids is 2. The van der Waals surface area contributed by atoms with Crippen LogP contribution in [0.5, 0.6) is 0 Å². The van der Waals surface area contributed by atoms with E-state index in [2.05, 4.69) is 10.3 Å². The summed E-state index contributed by atoms with van der Waals surface area (Å²) in [5.74, 6) is -1.61. The highest BCUT2D eigenvalue weighted by molar-refractivity contribution is 5.92. The van der Waals surface area contributed by atoms with Crippen LogP contribution in [0, 0.1) is 5.82 Å². The van der Waals surface area contributed by atoms with E-state index in [0.29, 0.717) is 0 Å². The van der Waals surface area contributed by atoms with Gasteiger partial charge in [0, 0.05) is 0 Å². The Morgan fingerprint density at radius 2 is 1.85 bits per heavy atom. The lowest BCUT2D eigenvalue weighted by molar-refractivity contribution is 0.0455. The van der Waals surface area contributed by atoms with Crippen molar-refractivity contribution >= 4 is 17.9 Å². The maximum Gasteiger partial charge on any atom is 0.338 e. The summed E-state index contributed by atoms with van der Waals surface area (Å²) in [6, 6.07) is 13.2. The first kappa shape index (κ1) is 18.1. The summed E-state index contributed by atoms with van der Waals surface area (Å²) in [4.78, 5) is 28.2. The van der Waals surface area contributed by atoms with Crippen LogP contribution in [0.4, 0.5) is 10.4 Å². The van der Waals surface area contributed by atoms with E-state index in [1.807, 2.05) is 6.07 Å². The number of esters is 1. The van der Waals surface area contributed by atoms with Gasteiger partial charge in [-0.05, 0) is 29.8 Å². The highest BCUT2D eigenvalue weighted by atomic mass is 19.1. The van der Waals surface area contributed by atoms with Gasteiger partial charge in [0.15, 0.2) is 5.69 Å². The van der Waals surface area contributed by atoms with Crippen molar-refractivity contribution in [2.24, 2.45) is 0 Å². The Morgan fingerprint density at radius 3 is 2.48 bits per heavy atom. The molecular formula is C19H16FN3O4. The minimum absolute atomic E-state index is 0.0123. The first-order chi connectivity index (χ1) is 13.0. The second kappa shape index (κ2) is 8.13. The molecular weight excluding hydrogens is 353 g/mol. The summed E-state index contributed by atoms with van der Waals surface area (Å²) in [7, 11) is 0. The molecule has 8 heteroatoms. The van der Waals surface area contributed by atoms with Crippen LogP contribution in [-0.2, 0) is 4.74 Å². The Kier molecular flexibility index (Phi) is 5.46. The number of benzene rings is 2. The first-order valence-electron chi connectivity index (χ1n) is 8.02. The van der Waals surface area contributed by atoms with Gasteiger partial charge in [0.05, 0.1) is 11.6 Å². The van der Waals surface area contributed by atoms with Crippen LogP contribution in [0.25, 0.3) is 0 Å². The van der Waals surface area contributed by atoms with Gasteiger partial charge in [-0.25, -0.2) is 9.18 Å². The normalized spacial score (nSPS) is 11.6. The molecule has 0 aliphatic carbocycles. The third-order valence-corrected chi connectivity index (χ3v) is 3.72. The molecule has 1 heterocycles. The molecule has 2 aromatic carbocycles. The van der Waals surface area contributed by atoms with E-state index in [4.69, 9.17) is 14.9 Å². The molecule has 0 saturated heterocycles. The molecule has 0 fully saturated rings. The second-order valence-electron chi connectivity index (χ2n) is 5.61. The van der Waals surface area contributed by atoms with Crippen LogP contribution in [0.15, 0.2) is 65.3 Å². The molecule has 1 amide bonds. The number of nitrogens with two attached hydrogens (primary N) is 1. The maximum atomic E-state index is 13.0. The summed E-state index contributed by atoms with van der Waals surface area (Å²) < 4.78 is 23.1. The Hall–Kier alpha value is -3.68. The van der Waals surface area contributed by atoms with Gasteiger partial charge in [-0.15, -0.1) is 0 Å². The summed E-state index contributed by atoms with van der Waals surface area (Å²) in [6.07, 6.45) is 1.14. The van der Waals surface area contributed by atoms with Gasteiger partial charge in [-0.1, -0.05) is 30.3 Å². The van der Waals surface area contributed by atoms with Gasteiger partial charge in [0.2, 0.25) is 0 Å². The molecule has 0 spiro atoms. The number of oxazole rings is 1. The molecule has 27 heavy (non-hydrogen) atoms. The fourth-order valence-corrected chi connectivity index (χ4v) is 2.36. The molecule has 3 aromatic rings. The quantitative estimate of drug-likeness (QED) is 0.647. The zero-order valence-corrected chi connectivity index (χ0v) is 14.1. The number of anilines is 1. The van der Waals surface area contributed by atoms with E-state index in [1.165, 1.54) is 24.3 Å². The SMILES string of the molecule is Nc1nc(C(=O)N[C@@H](COC(=O)c2ccc(F)cc2)c2ccccc2)co1. The summed E-state index contributed by atoms with van der Waals surface area (Å²) in [6.45, 7) is -0.126. The van der Waals surface area contributed by atoms with Crippen LogP contribution >= 0.6 is 0 Å². The second-order valence-corrected chi connectivity index (χ2v) is 5.61. The number of ether oxygens (including phenoxy) is 1. The number of hydrogen-bond acceptors (Lipinski definition) is 6. The molecule has 0 radical (unpaired) electrons. The largest absolute Gasteiger partial charge is 0.460 e. The fraction of sp³-hybridized carbons (Fsp3) is 0.105. The lowest BCUT2D eigenvalue weighted by Gasteiger charge is -2.18. The Labute approximate surface area is 154 Å². The van der Waals surface area contributed by atoms with Crippen molar-refractivity contribution in [1.29, 1.82) is 0 Å². The molecule has 0 unspecified atom stereocenters. The summed E-state index contributed by atoms with van der Waals surface area (Å²) in [5, 5.41) is 2.72. The summed E-state index contributed by atoms with van der Waals surface area (Å²) >= 11 is 0. The number of hydrogen-bond donors (Lipinski definition) is 2. The van der Waals surface area contributed by atoms with E-state index in [0.717, 1.165) is 11.8 Å². The van der Waals surface area contributed by atoms with Crippen molar-refractivity contribution < 1.29 is 23.1 Å². The molecule has 0 saturated carbocycles. The predicted molar refractivity (Wildman–Crippen MR) is 94.2 cm³/mol. The minimum Gasteiger partial charge on any atom is -0.460 e. The number of rotatable bonds is 6. The smallest absolute Gasteiger partial charge is 0.338 e. The number of nitrogen functional groups attached to an aromatic ring is 1. The Bertz CT molecular complexity index is 926. The summed E-state index contributed by atoms with van der Waals surface area (Å²) in [5.41, 5.74) is 6.33. The number of carbonyl (C=O) groups is 2. The minimum atomic E-state index is -0.629. The predicted octanol–water partition coefficient (Wildman–Crippen LogP) is 2.72. The van der Waals surface area contributed by atoms with Gasteiger partial charge < -0.3 is 20.2 Å². The van der Waals surface area contributed by atoms with Crippen LogP contribution in [-0.4, -0.2) is 23.5 Å². The zero-order valence-electron chi connectivity index (χ0n) is 14.1. The highest BCUT2D eigenvalue weighted by Crippen LogP contribution is 2.16. The van der Waals surface area contributed by atoms with E-state index in [1.54, 1.807) is 24.3 Å². The number of amides is 1. The average Bonchev–Trinajstić information content (AvgIpc) is 3.12. The van der Waals surface area contributed by atoms with E-state index < -0.39 is 23.7 Å². The average molecular weight is 369 g/mol. The molecule has 7 nitrogen and oxygen atoms in total. The zero-order chi connectivity index (χ0) is 19.2. The van der Waals surface area contributed by atoms with Crippen LogP contribution < -0.4 is 11.1 Å². The number of nitrogens with one attached hydrogen (secondary N) is 1.